The van der Waals surface area contributed by atoms with Gasteiger partial charge in [-0.3, -0.25) is 0 Å². The molecule has 1 aliphatic heterocycles. The van der Waals surface area contributed by atoms with Crippen LogP contribution in [-0.2, 0) is 4.74 Å². The Morgan fingerprint density at radius 2 is 2.13 bits per heavy atom. The number of alkyl halides is 3. The fourth-order valence-electron chi connectivity index (χ4n) is 3.51. The second-order valence-corrected chi connectivity index (χ2v) is 7.57. The molecule has 3 rings (SSSR count). The van der Waals surface area contributed by atoms with Crippen LogP contribution in [0.1, 0.15) is 31.9 Å². The lowest BCUT2D eigenvalue weighted by Gasteiger charge is -2.12. The average molecular weight is 436 g/mol. The second kappa shape index (κ2) is 10.2. The third-order valence-electron chi connectivity index (χ3n) is 5.17. The van der Waals surface area contributed by atoms with Crippen LogP contribution in [0.5, 0.6) is 5.75 Å². The maximum absolute atomic E-state index is 13.4. The van der Waals surface area contributed by atoms with Gasteiger partial charge in [0.1, 0.15) is 17.1 Å². The van der Waals surface area contributed by atoms with Gasteiger partial charge in [0.05, 0.1) is 24.9 Å². The first kappa shape index (κ1) is 23.2. The molecule has 1 aromatic heterocycles. The average Bonchev–Trinajstić information content (AvgIpc) is 3.44. The molecular formula is C24H27F3O4. The van der Waals surface area contributed by atoms with E-state index in [1.807, 2.05) is 0 Å². The third-order valence-corrected chi connectivity index (χ3v) is 5.17. The van der Waals surface area contributed by atoms with Crippen molar-refractivity contribution in [2.45, 2.75) is 38.5 Å². The lowest BCUT2D eigenvalue weighted by molar-refractivity contribution is -0.0876. The number of aliphatic hydroxyl groups is 1. The Hall–Kier alpha value is -2.51. The number of benzene rings is 1. The number of rotatable bonds is 11. The number of allylic oxidation sites excluding steroid dienone is 5. The molecule has 2 unspecified atom stereocenters. The van der Waals surface area contributed by atoms with Gasteiger partial charge in [0.15, 0.2) is 0 Å². The van der Waals surface area contributed by atoms with E-state index in [1.54, 1.807) is 31.2 Å². The van der Waals surface area contributed by atoms with Crippen LogP contribution in [-0.4, -0.2) is 37.2 Å². The number of epoxide rings is 1. The van der Waals surface area contributed by atoms with Crippen molar-refractivity contribution >= 4 is 16.5 Å². The van der Waals surface area contributed by atoms with Crippen LogP contribution in [0.4, 0.5) is 13.2 Å². The highest BCUT2D eigenvalue weighted by molar-refractivity contribution is 5.86. The molecule has 1 N–H and O–H groups in total. The number of hydrogen-bond acceptors (Lipinski definition) is 4. The van der Waals surface area contributed by atoms with Gasteiger partial charge in [-0.2, -0.15) is 13.2 Å². The van der Waals surface area contributed by atoms with E-state index in [9.17, 15) is 18.3 Å². The topological polar surface area (TPSA) is 55.1 Å². The smallest absolute Gasteiger partial charge is 0.417 e. The molecular weight excluding hydrogens is 409 g/mol. The Kier molecular flexibility index (Phi) is 7.62. The predicted molar refractivity (Wildman–Crippen MR) is 114 cm³/mol. The van der Waals surface area contributed by atoms with E-state index in [-0.39, 0.29) is 30.0 Å². The lowest BCUT2D eigenvalue weighted by atomic mass is 9.99. The summed E-state index contributed by atoms with van der Waals surface area (Å²) in [4.78, 5) is 0. The van der Waals surface area contributed by atoms with Gasteiger partial charge in [-0.1, -0.05) is 24.8 Å². The van der Waals surface area contributed by atoms with E-state index in [1.165, 1.54) is 12.2 Å². The van der Waals surface area contributed by atoms with Crippen molar-refractivity contribution in [2.75, 3.05) is 19.8 Å². The number of fused-ring (bicyclic) bond motifs is 1. The Labute approximate surface area is 179 Å². The Morgan fingerprint density at radius 3 is 2.74 bits per heavy atom. The molecule has 0 bridgehead atoms. The molecule has 0 spiro atoms. The minimum Gasteiger partial charge on any atom is -0.493 e. The van der Waals surface area contributed by atoms with E-state index in [0.29, 0.717) is 23.3 Å². The number of ether oxygens (including phenoxy) is 2. The molecule has 1 aliphatic rings. The largest absolute Gasteiger partial charge is 0.493 e. The number of aliphatic hydroxyl groups excluding tert-OH is 1. The van der Waals surface area contributed by atoms with Crippen molar-refractivity contribution in [3.05, 3.63) is 60.4 Å². The Morgan fingerprint density at radius 1 is 1.35 bits per heavy atom. The summed E-state index contributed by atoms with van der Waals surface area (Å²) in [5.41, 5.74) is -0.478. The maximum atomic E-state index is 13.4. The minimum atomic E-state index is -4.54. The fourth-order valence-corrected chi connectivity index (χ4v) is 3.51. The van der Waals surface area contributed by atoms with Crippen LogP contribution in [0.25, 0.3) is 16.5 Å². The lowest BCUT2D eigenvalue weighted by Crippen LogP contribution is -2.11. The van der Waals surface area contributed by atoms with Crippen molar-refractivity contribution in [1.82, 2.24) is 0 Å². The summed E-state index contributed by atoms with van der Waals surface area (Å²) >= 11 is 0. The molecule has 168 valence electrons. The van der Waals surface area contributed by atoms with Crippen LogP contribution >= 0.6 is 0 Å². The summed E-state index contributed by atoms with van der Waals surface area (Å²) in [6, 6.07) is 6.78. The standard InChI is InChI=1S/C24H27F3O4/c1-3-6-20(21(4-2)24(25,26)27)23-12-17-8-9-18(13-22(17)31-23)29-10-5-7-16(14-28)11-19-15-30-19/h3-4,6,8-9,12-13,16,19,28H,2,5,7,10-11,14-15H2,1H3/b6-3-,21-20-. The maximum Gasteiger partial charge on any atom is 0.417 e. The quantitative estimate of drug-likeness (QED) is 0.264. The Bertz CT molecular complexity index is 951. The molecule has 1 saturated heterocycles. The number of hydrogen-bond donors (Lipinski definition) is 1. The van der Waals surface area contributed by atoms with E-state index in [4.69, 9.17) is 13.9 Å². The zero-order valence-electron chi connectivity index (χ0n) is 17.5. The first-order valence-corrected chi connectivity index (χ1v) is 10.3. The van der Waals surface area contributed by atoms with Crippen molar-refractivity contribution in [1.29, 1.82) is 0 Å². The SMILES string of the molecule is C=C/C(=C(\C=C/C)c1cc2ccc(OCCCC(CO)CC3CO3)cc2o1)C(F)(F)F. The highest BCUT2D eigenvalue weighted by atomic mass is 19.4. The molecule has 1 fully saturated rings. The monoisotopic (exact) mass is 436 g/mol. The molecule has 1 aromatic carbocycles. The van der Waals surface area contributed by atoms with E-state index in [0.717, 1.165) is 31.9 Å². The summed E-state index contributed by atoms with van der Waals surface area (Å²) in [7, 11) is 0. The van der Waals surface area contributed by atoms with Gasteiger partial charge in [0, 0.05) is 23.6 Å². The van der Waals surface area contributed by atoms with Gasteiger partial charge in [0.25, 0.3) is 0 Å². The van der Waals surface area contributed by atoms with E-state index >= 15 is 0 Å². The third kappa shape index (κ3) is 6.24. The molecule has 0 aliphatic carbocycles. The number of furan rings is 1. The summed E-state index contributed by atoms with van der Waals surface area (Å²) < 4.78 is 56.8. The molecule has 2 atom stereocenters. The van der Waals surface area contributed by atoms with Crippen LogP contribution in [0, 0.1) is 5.92 Å². The summed E-state index contributed by atoms with van der Waals surface area (Å²) in [5, 5.41) is 10.1. The molecule has 0 radical (unpaired) electrons. The number of halogens is 3. The molecule has 4 nitrogen and oxygen atoms in total. The first-order chi connectivity index (χ1) is 14.9. The molecule has 31 heavy (non-hydrogen) atoms. The van der Waals surface area contributed by atoms with Crippen molar-refractivity contribution < 1.29 is 32.2 Å². The second-order valence-electron chi connectivity index (χ2n) is 7.57. The van der Waals surface area contributed by atoms with E-state index < -0.39 is 11.7 Å². The summed E-state index contributed by atoms with van der Waals surface area (Å²) in [6.45, 7) is 6.33. The zero-order valence-corrected chi connectivity index (χ0v) is 17.5. The van der Waals surface area contributed by atoms with Gasteiger partial charge in [0.2, 0.25) is 0 Å². The fraction of sp³-hybridized carbons (Fsp3) is 0.417. The molecule has 7 heteroatoms. The predicted octanol–water partition coefficient (Wildman–Crippen LogP) is 6.07. The van der Waals surface area contributed by atoms with Crippen LogP contribution in [0.2, 0.25) is 0 Å². The van der Waals surface area contributed by atoms with Gasteiger partial charge in [-0.05, 0) is 50.3 Å². The van der Waals surface area contributed by atoms with E-state index in [2.05, 4.69) is 6.58 Å². The highest BCUT2D eigenvalue weighted by Crippen LogP contribution is 2.36. The van der Waals surface area contributed by atoms with Crippen molar-refractivity contribution in [2.24, 2.45) is 5.92 Å². The molecule has 2 heterocycles. The normalized spacial score (nSPS) is 18.3. The van der Waals surface area contributed by atoms with Crippen molar-refractivity contribution in [3.63, 3.8) is 0 Å². The van der Waals surface area contributed by atoms with Gasteiger partial charge in [-0.15, -0.1) is 0 Å². The van der Waals surface area contributed by atoms with Gasteiger partial charge >= 0.3 is 6.18 Å². The van der Waals surface area contributed by atoms with Crippen LogP contribution in [0.3, 0.4) is 0 Å². The Balaban J connectivity index is 1.70. The highest BCUT2D eigenvalue weighted by Gasteiger charge is 2.34. The minimum absolute atomic E-state index is 0.0710. The van der Waals surface area contributed by atoms with Gasteiger partial charge < -0.3 is 19.0 Å². The molecule has 0 amide bonds. The van der Waals surface area contributed by atoms with Crippen molar-refractivity contribution in [3.8, 4) is 5.75 Å². The van der Waals surface area contributed by atoms with Gasteiger partial charge in [-0.25, -0.2) is 0 Å². The zero-order chi connectivity index (χ0) is 22.4. The van der Waals surface area contributed by atoms with Crippen LogP contribution in [0.15, 0.2) is 59.1 Å². The summed E-state index contributed by atoms with van der Waals surface area (Å²) in [6.07, 6.45) is 1.92. The first-order valence-electron chi connectivity index (χ1n) is 10.3. The molecule has 2 aromatic rings. The summed E-state index contributed by atoms with van der Waals surface area (Å²) in [5.74, 6) is 0.900. The van der Waals surface area contributed by atoms with Crippen LogP contribution < -0.4 is 4.74 Å². The molecule has 0 saturated carbocycles.